The topological polar surface area (TPSA) is 46.5 Å². The van der Waals surface area contributed by atoms with Crippen LogP contribution in [-0.4, -0.2) is 24.8 Å². The van der Waals surface area contributed by atoms with E-state index in [-0.39, 0.29) is 12.3 Å². The molecule has 18 heavy (non-hydrogen) atoms. The predicted molar refractivity (Wildman–Crippen MR) is 72.3 cm³/mol. The largest absolute Gasteiger partial charge is 0.481 e. The Bertz CT molecular complexity index is 423. The molecular weight excluding hydrogens is 228 g/mol. The lowest BCUT2D eigenvalue weighted by Crippen LogP contribution is -2.15. The SMILES string of the molecule is COCC(CC(=O)O)c1c(C)c(C)cc(C)c1C. The lowest BCUT2D eigenvalue weighted by Gasteiger charge is -2.22. The van der Waals surface area contributed by atoms with E-state index in [2.05, 4.69) is 33.8 Å². The van der Waals surface area contributed by atoms with Crippen LogP contribution < -0.4 is 0 Å². The molecule has 0 aromatic heterocycles. The fourth-order valence-corrected chi connectivity index (χ4v) is 2.52. The summed E-state index contributed by atoms with van der Waals surface area (Å²) in [5.74, 6) is -0.860. The molecule has 1 unspecified atom stereocenters. The highest BCUT2D eigenvalue weighted by molar-refractivity contribution is 5.68. The molecule has 100 valence electrons. The van der Waals surface area contributed by atoms with Crippen molar-refractivity contribution in [2.75, 3.05) is 13.7 Å². The number of carboxylic acids is 1. The van der Waals surface area contributed by atoms with E-state index in [1.165, 1.54) is 22.3 Å². The van der Waals surface area contributed by atoms with Crippen LogP contribution in [0.15, 0.2) is 6.07 Å². The van der Waals surface area contributed by atoms with Crippen LogP contribution in [0.4, 0.5) is 0 Å². The smallest absolute Gasteiger partial charge is 0.304 e. The second-order valence-corrected chi connectivity index (χ2v) is 4.92. The molecule has 3 heteroatoms. The summed E-state index contributed by atoms with van der Waals surface area (Å²) in [6.45, 7) is 8.69. The van der Waals surface area contributed by atoms with Crippen LogP contribution >= 0.6 is 0 Å². The minimum atomic E-state index is -0.782. The van der Waals surface area contributed by atoms with Gasteiger partial charge in [-0.2, -0.15) is 0 Å². The van der Waals surface area contributed by atoms with E-state index in [4.69, 9.17) is 9.84 Å². The molecule has 0 saturated carbocycles. The van der Waals surface area contributed by atoms with Gasteiger partial charge in [-0.3, -0.25) is 4.79 Å². The van der Waals surface area contributed by atoms with Crippen molar-refractivity contribution >= 4 is 5.97 Å². The number of benzene rings is 1. The van der Waals surface area contributed by atoms with Gasteiger partial charge >= 0.3 is 5.97 Å². The van der Waals surface area contributed by atoms with Crippen molar-refractivity contribution in [3.8, 4) is 0 Å². The van der Waals surface area contributed by atoms with Gasteiger partial charge in [-0.05, 0) is 55.5 Å². The highest BCUT2D eigenvalue weighted by atomic mass is 16.5. The molecule has 0 aliphatic carbocycles. The van der Waals surface area contributed by atoms with E-state index in [1.807, 2.05) is 0 Å². The summed E-state index contributed by atoms with van der Waals surface area (Å²) in [7, 11) is 1.61. The van der Waals surface area contributed by atoms with Crippen LogP contribution in [-0.2, 0) is 9.53 Å². The van der Waals surface area contributed by atoms with Gasteiger partial charge in [0.05, 0.1) is 13.0 Å². The van der Waals surface area contributed by atoms with E-state index in [9.17, 15) is 4.79 Å². The van der Waals surface area contributed by atoms with Crippen molar-refractivity contribution in [3.63, 3.8) is 0 Å². The molecule has 0 spiro atoms. The van der Waals surface area contributed by atoms with Gasteiger partial charge in [0.25, 0.3) is 0 Å². The first-order chi connectivity index (χ1) is 8.38. The number of hydrogen-bond donors (Lipinski definition) is 1. The minimum absolute atomic E-state index is 0.0777. The third-order valence-electron chi connectivity index (χ3n) is 3.62. The average Bonchev–Trinajstić information content (AvgIpc) is 2.26. The number of carbonyl (C=O) groups is 1. The van der Waals surface area contributed by atoms with Crippen molar-refractivity contribution in [2.45, 2.75) is 40.0 Å². The van der Waals surface area contributed by atoms with Gasteiger partial charge in [0, 0.05) is 13.0 Å². The fraction of sp³-hybridized carbons (Fsp3) is 0.533. The number of aryl methyl sites for hydroxylation is 2. The Morgan fingerprint density at radius 1 is 1.22 bits per heavy atom. The van der Waals surface area contributed by atoms with E-state index >= 15 is 0 Å². The Kier molecular flexibility index (Phi) is 4.91. The van der Waals surface area contributed by atoms with Gasteiger partial charge < -0.3 is 9.84 Å². The second kappa shape index (κ2) is 6.01. The molecule has 0 amide bonds. The molecule has 1 N–H and O–H groups in total. The molecule has 1 aromatic rings. The molecular formula is C15H22O3. The molecule has 0 bridgehead atoms. The van der Waals surface area contributed by atoms with Crippen molar-refractivity contribution < 1.29 is 14.6 Å². The fourth-order valence-electron chi connectivity index (χ4n) is 2.52. The third kappa shape index (κ3) is 3.10. The van der Waals surface area contributed by atoms with Crippen LogP contribution in [0.3, 0.4) is 0 Å². The predicted octanol–water partition coefficient (Wildman–Crippen LogP) is 3.12. The maximum Gasteiger partial charge on any atom is 0.304 e. The molecule has 0 fully saturated rings. The third-order valence-corrected chi connectivity index (χ3v) is 3.62. The minimum Gasteiger partial charge on any atom is -0.481 e. The Balaban J connectivity index is 3.30. The zero-order chi connectivity index (χ0) is 13.9. The van der Waals surface area contributed by atoms with Crippen LogP contribution in [0, 0.1) is 27.7 Å². The Morgan fingerprint density at radius 3 is 2.11 bits per heavy atom. The van der Waals surface area contributed by atoms with Crippen molar-refractivity contribution in [3.05, 3.63) is 33.9 Å². The summed E-state index contributed by atoms with van der Waals surface area (Å²) < 4.78 is 5.19. The monoisotopic (exact) mass is 250 g/mol. The zero-order valence-corrected chi connectivity index (χ0v) is 11.8. The number of ether oxygens (including phenoxy) is 1. The standard InChI is InChI=1S/C15H22O3/c1-9-6-10(2)12(4)15(11(9)3)13(8-18-5)7-14(16)17/h6,13H,7-8H2,1-5H3,(H,16,17). The summed E-state index contributed by atoms with van der Waals surface area (Å²) in [6, 6.07) is 2.15. The van der Waals surface area contributed by atoms with E-state index < -0.39 is 5.97 Å². The highest BCUT2D eigenvalue weighted by Gasteiger charge is 2.21. The Morgan fingerprint density at radius 2 is 1.72 bits per heavy atom. The summed E-state index contributed by atoms with van der Waals surface area (Å²) in [5, 5.41) is 9.04. The normalized spacial score (nSPS) is 12.5. The Labute approximate surface area is 109 Å². The maximum atomic E-state index is 11.0. The summed E-state index contributed by atoms with van der Waals surface area (Å²) in [5.41, 5.74) is 5.92. The maximum absolute atomic E-state index is 11.0. The molecule has 3 nitrogen and oxygen atoms in total. The average molecular weight is 250 g/mol. The number of carboxylic acid groups (broad SMARTS) is 1. The zero-order valence-electron chi connectivity index (χ0n) is 11.8. The molecule has 1 atom stereocenters. The first kappa shape index (κ1) is 14.7. The van der Waals surface area contributed by atoms with E-state index in [0.717, 1.165) is 5.56 Å². The van der Waals surface area contributed by atoms with Crippen LogP contribution in [0.2, 0.25) is 0 Å². The lowest BCUT2D eigenvalue weighted by molar-refractivity contribution is -0.137. The quantitative estimate of drug-likeness (QED) is 0.873. The first-order valence-corrected chi connectivity index (χ1v) is 6.16. The number of hydrogen-bond acceptors (Lipinski definition) is 2. The van der Waals surface area contributed by atoms with Crippen molar-refractivity contribution in [1.82, 2.24) is 0 Å². The molecule has 0 heterocycles. The van der Waals surface area contributed by atoms with Gasteiger partial charge in [0.1, 0.15) is 0 Å². The number of rotatable bonds is 5. The van der Waals surface area contributed by atoms with Crippen LogP contribution in [0.25, 0.3) is 0 Å². The van der Waals surface area contributed by atoms with Crippen molar-refractivity contribution in [1.29, 1.82) is 0 Å². The Hall–Kier alpha value is -1.35. The van der Waals surface area contributed by atoms with Gasteiger partial charge in [0.2, 0.25) is 0 Å². The molecule has 1 aromatic carbocycles. The van der Waals surface area contributed by atoms with Gasteiger partial charge in [-0.25, -0.2) is 0 Å². The molecule has 0 aliphatic rings. The number of methoxy groups -OCH3 is 1. The second-order valence-electron chi connectivity index (χ2n) is 4.92. The number of aliphatic carboxylic acids is 1. The highest BCUT2D eigenvalue weighted by Crippen LogP contribution is 2.31. The lowest BCUT2D eigenvalue weighted by atomic mass is 9.85. The first-order valence-electron chi connectivity index (χ1n) is 6.16. The summed E-state index contributed by atoms with van der Waals surface area (Å²) >= 11 is 0. The summed E-state index contributed by atoms with van der Waals surface area (Å²) in [6.07, 6.45) is 0.110. The van der Waals surface area contributed by atoms with Gasteiger partial charge in [-0.15, -0.1) is 0 Å². The van der Waals surface area contributed by atoms with Crippen molar-refractivity contribution in [2.24, 2.45) is 0 Å². The van der Waals surface area contributed by atoms with Gasteiger partial charge in [0.15, 0.2) is 0 Å². The molecule has 0 radical (unpaired) electrons. The van der Waals surface area contributed by atoms with Gasteiger partial charge in [-0.1, -0.05) is 6.07 Å². The summed E-state index contributed by atoms with van der Waals surface area (Å²) in [4.78, 5) is 11.0. The van der Waals surface area contributed by atoms with E-state index in [0.29, 0.717) is 6.61 Å². The van der Waals surface area contributed by atoms with Crippen LogP contribution in [0.1, 0.15) is 40.2 Å². The molecule has 1 rings (SSSR count). The van der Waals surface area contributed by atoms with Crippen LogP contribution in [0.5, 0.6) is 0 Å². The van der Waals surface area contributed by atoms with E-state index in [1.54, 1.807) is 7.11 Å². The molecule has 0 saturated heterocycles. The molecule has 0 aliphatic heterocycles.